The number of hydrogen-bond donors (Lipinski definition) is 0. The minimum atomic E-state index is -4.02. The topological polar surface area (TPSA) is 76.0 Å². The Kier molecular flexibility index (Phi) is 6.56. The van der Waals surface area contributed by atoms with Crippen molar-refractivity contribution in [2.24, 2.45) is 5.10 Å². The summed E-state index contributed by atoms with van der Waals surface area (Å²) in [6.07, 6.45) is 1.71. The molecule has 0 aliphatic carbocycles. The van der Waals surface area contributed by atoms with E-state index in [4.69, 9.17) is 4.18 Å². The zero-order valence-electron chi connectivity index (χ0n) is 17.6. The Morgan fingerprint density at radius 3 is 2.15 bits per heavy atom. The first-order valence-corrected chi connectivity index (χ1v) is 12.8. The minimum absolute atomic E-state index is 0.0579. The van der Waals surface area contributed by atoms with Gasteiger partial charge in [0.1, 0.15) is 4.90 Å². The van der Waals surface area contributed by atoms with Gasteiger partial charge in [0.05, 0.1) is 25.9 Å². The van der Waals surface area contributed by atoms with Crippen molar-refractivity contribution < 1.29 is 17.4 Å². The van der Waals surface area contributed by atoms with E-state index in [2.05, 4.69) is 37.0 Å². The molecular formula is C24H18Br2N2O4S. The first kappa shape index (κ1) is 23.4. The Morgan fingerprint density at radius 1 is 0.939 bits per heavy atom. The molecule has 0 atom stereocenters. The van der Waals surface area contributed by atoms with E-state index in [0.29, 0.717) is 31.5 Å². The molecule has 1 heterocycles. The van der Waals surface area contributed by atoms with Gasteiger partial charge in [-0.25, -0.2) is 0 Å². The fourth-order valence-corrected chi connectivity index (χ4v) is 5.76. The lowest BCUT2D eigenvalue weighted by Gasteiger charge is -2.12. The van der Waals surface area contributed by atoms with Crippen LogP contribution in [0.15, 0.2) is 91.2 Å². The molecule has 0 aromatic heterocycles. The summed E-state index contributed by atoms with van der Waals surface area (Å²) in [5, 5.41) is 5.73. The van der Waals surface area contributed by atoms with Crippen LogP contribution in [0.5, 0.6) is 5.75 Å². The molecule has 33 heavy (non-hydrogen) atoms. The first-order valence-electron chi connectivity index (χ1n) is 9.83. The number of anilines is 1. The fraction of sp³-hybridized carbons (Fsp3) is 0.0833. The van der Waals surface area contributed by atoms with Gasteiger partial charge in [0, 0.05) is 0 Å². The highest BCUT2D eigenvalue weighted by atomic mass is 79.9. The number of carbonyl (C=O) groups excluding carboxylic acids is 1. The zero-order valence-corrected chi connectivity index (χ0v) is 21.6. The Bertz CT molecular complexity index is 1380. The highest BCUT2D eigenvalue weighted by Gasteiger charge is 2.29. The Morgan fingerprint density at radius 2 is 1.55 bits per heavy atom. The van der Waals surface area contributed by atoms with Gasteiger partial charge in [-0.15, -0.1) is 0 Å². The van der Waals surface area contributed by atoms with Gasteiger partial charge in [-0.3, -0.25) is 4.79 Å². The zero-order chi connectivity index (χ0) is 23.8. The Hall–Kier alpha value is -2.75. The van der Waals surface area contributed by atoms with Crippen LogP contribution in [-0.2, 0) is 14.9 Å². The number of benzene rings is 3. The van der Waals surface area contributed by atoms with Crippen LogP contribution in [0.3, 0.4) is 0 Å². The third-order valence-corrected chi connectivity index (χ3v) is 7.31. The summed E-state index contributed by atoms with van der Waals surface area (Å²) in [5.74, 6) is -0.125. The molecule has 1 amide bonds. The molecule has 3 aromatic rings. The standard InChI is InChI=1S/C24H18Br2N2O4S/c1-15-8-10-19(11-9-15)33(30,31)32-23-21(25)13-17(14-22(23)26)12-20-16(2)27-28(24(20)29)18-6-4-3-5-7-18/h3-14H,1-2H3/b20-12+. The summed E-state index contributed by atoms with van der Waals surface area (Å²) in [6, 6.07) is 18.9. The second-order valence-electron chi connectivity index (χ2n) is 7.36. The molecule has 0 N–H and O–H groups in total. The van der Waals surface area contributed by atoms with Crippen molar-refractivity contribution >= 4 is 65.4 Å². The summed E-state index contributed by atoms with van der Waals surface area (Å²) in [6.45, 7) is 3.64. The molecule has 4 rings (SSSR count). The van der Waals surface area contributed by atoms with Crippen molar-refractivity contribution in [3.63, 3.8) is 0 Å². The molecular weight excluding hydrogens is 572 g/mol. The first-order chi connectivity index (χ1) is 15.7. The van der Waals surface area contributed by atoms with E-state index in [1.807, 2.05) is 37.3 Å². The molecule has 1 aliphatic rings. The van der Waals surface area contributed by atoms with Crippen LogP contribution >= 0.6 is 31.9 Å². The molecule has 0 saturated carbocycles. The van der Waals surface area contributed by atoms with Gasteiger partial charge >= 0.3 is 10.1 Å². The van der Waals surface area contributed by atoms with Crippen molar-refractivity contribution in [1.82, 2.24) is 0 Å². The van der Waals surface area contributed by atoms with E-state index in [9.17, 15) is 13.2 Å². The average molecular weight is 590 g/mol. The molecule has 0 unspecified atom stereocenters. The summed E-state index contributed by atoms with van der Waals surface area (Å²) >= 11 is 6.78. The molecule has 0 fully saturated rings. The van der Waals surface area contributed by atoms with Crippen molar-refractivity contribution in [2.75, 3.05) is 5.01 Å². The molecule has 0 spiro atoms. The van der Waals surface area contributed by atoms with Gasteiger partial charge < -0.3 is 4.18 Å². The molecule has 1 aliphatic heterocycles. The van der Waals surface area contributed by atoms with Crippen LogP contribution in [0, 0.1) is 6.92 Å². The summed E-state index contributed by atoms with van der Waals surface area (Å²) < 4.78 is 31.6. The fourth-order valence-electron chi connectivity index (χ4n) is 3.20. The van der Waals surface area contributed by atoms with E-state index in [-0.39, 0.29) is 16.6 Å². The number of amides is 1. The number of para-hydroxylation sites is 1. The van der Waals surface area contributed by atoms with E-state index >= 15 is 0 Å². The lowest BCUT2D eigenvalue weighted by Crippen LogP contribution is -2.21. The second kappa shape index (κ2) is 9.24. The normalized spacial score (nSPS) is 15.2. The number of carbonyl (C=O) groups is 1. The van der Waals surface area contributed by atoms with Crippen LogP contribution in [0.2, 0.25) is 0 Å². The van der Waals surface area contributed by atoms with Crippen molar-refractivity contribution in [3.8, 4) is 5.75 Å². The molecule has 0 saturated heterocycles. The Labute approximate surface area is 209 Å². The largest absolute Gasteiger partial charge is 0.377 e. The maximum atomic E-state index is 12.9. The van der Waals surface area contributed by atoms with Crippen molar-refractivity contribution in [3.05, 3.63) is 92.4 Å². The summed E-state index contributed by atoms with van der Waals surface area (Å²) in [5.41, 5.74) is 3.32. The number of hydrogen-bond acceptors (Lipinski definition) is 5. The number of nitrogens with zero attached hydrogens (tertiary/aromatic N) is 2. The summed E-state index contributed by atoms with van der Waals surface area (Å²) in [4.78, 5) is 13.0. The minimum Gasteiger partial charge on any atom is -0.377 e. The quantitative estimate of drug-likeness (QED) is 0.266. The smallest absolute Gasteiger partial charge is 0.339 e. The third-order valence-electron chi connectivity index (χ3n) is 4.90. The van der Waals surface area contributed by atoms with Crippen LogP contribution in [0.25, 0.3) is 6.08 Å². The van der Waals surface area contributed by atoms with Gasteiger partial charge in [0.2, 0.25) is 0 Å². The van der Waals surface area contributed by atoms with Crippen molar-refractivity contribution in [2.45, 2.75) is 18.7 Å². The van der Waals surface area contributed by atoms with E-state index in [1.54, 1.807) is 37.3 Å². The van der Waals surface area contributed by atoms with E-state index in [1.165, 1.54) is 17.1 Å². The monoisotopic (exact) mass is 588 g/mol. The predicted octanol–water partition coefficient (Wildman–Crippen LogP) is 6.09. The maximum Gasteiger partial charge on any atom is 0.339 e. The predicted molar refractivity (Wildman–Crippen MR) is 136 cm³/mol. The molecule has 3 aromatic carbocycles. The Balaban J connectivity index is 1.63. The lowest BCUT2D eigenvalue weighted by molar-refractivity contribution is -0.114. The van der Waals surface area contributed by atoms with Crippen molar-refractivity contribution in [1.29, 1.82) is 0 Å². The SMILES string of the molecule is CC1=NN(c2ccccc2)C(=O)/C1=C/c1cc(Br)c(OS(=O)(=O)c2ccc(C)cc2)c(Br)c1. The molecule has 168 valence electrons. The van der Waals surface area contributed by atoms with Crippen LogP contribution < -0.4 is 9.19 Å². The van der Waals surface area contributed by atoms with Gasteiger partial charge in [-0.2, -0.15) is 18.5 Å². The van der Waals surface area contributed by atoms with Crippen LogP contribution in [-0.4, -0.2) is 20.0 Å². The number of aryl methyl sites for hydroxylation is 1. The third kappa shape index (κ3) is 4.95. The maximum absolute atomic E-state index is 12.9. The van der Waals surface area contributed by atoms with Gasteiger partial charge in [-0.05, 0) is 93.7 Å². The number of halogens is 2. The second-order valence-corrected chi connectivity index (χ2v) is 10.6. The van der Waals surface area contributed by atoms with Crippen LogP contribution in [0.1, 0.15) is 18.1 Å². The highest BCUT2D eigenvalue weighted by Crippen LogP contribution is 2.37. The average Bonchev–Trinajstić information content (AvgIpc) is 3.05. The van der Waals surface area contributed by atoms with E-state index in [0.717, 1.165) is 5.56 Å². The highest BCUT2D eigenvalue weighted by molar-refractivity contribution is 9.11. The lowest BCUT2D eigenvalue weighted by atomic mass is 10.1. The number of hydrazone groups is 1. The number of rotatable bonds is 5. The van der Waals surface area contributed by atoms with Gasteiger partial charge in [0.25, 0.3) is 5.91 Å². The van der Waals surface area contributed by atoms with Crippen LogP contribution in [0.4, 0.5) is 5.69 Å². The molecule has 6 nitrogen and oxygen atoms in total. The summed E-state index contributed by atoms with van der Waals surface area (Å²) in [7, 11) is -4.02. The van der Waals surface area contributed by atoms with E-state index < -0.39 is 10.1 Å². The molecule has 0 radical (unpaired) electrons. The van der Waals surface area contributed by atoms with Gasteiger partial charge in [0.15, 0.2) is 5.75 Å². The molecule has 9 heteroatoms. The molecule has 0 bridgehead atoms. The van der Waals surface area contributed by atoms with Gasteiger partial charge in [-0.1, -0.05) is 35.9 Å².